The molecule has 170 valence electrons. The molecule has 2 aromatic carbocycles. The first-order valence-corrected chi connectivity index (χ1v) is 12.5. The van der Waals surface area contributed by atoms with Gasteiger partial charge in [0, 0.05) is 31.9 Å². The van der Waals surface area contributed by atoms with Gasteiger partial charge in [0.2, 0.25) is 0 Å². The van der Waals surface area contributed by atoms with Crippen LogP contribution in [0.15, 0.2) is 60.3 Å². The number of hydrogen-bond donors (Lipinski definition) is 1. The molecule has 1 N–H and O–H groups in total. The normalized spacial score (nSPS) is 18.3. The first-order chi connectivity index (χ1) is 15.5. The van der Waals surface area contributed by atoms with E-state index in [0.717, 1.165) is 48.3 Å². The predicted octanol–water partition coefficient (Wildman–Crippen LogP) is 2.95. The summed E-state index contributed by atoms with van der Waals surface area (Å²) >= 11 is 0. The van der Waals surface area contributed by atoms with Crippen molar-refractivity contribution in [3.05, 3.63) is 71.4 Å². The fourth-order valence-electron chi connectivity index (χ4n) is 3.97. The van der Waals surface area contributed by atoms with Crippen LogP contribution in [0.3, 0.4) is 0 Å². The minimum absolute atomic E-state index is 0.0594. The molecule has 0 aliphatic carbocycles. The summed E-state index contributed by atoms with van der Waals surface area (Å²) < 4.78 is 32.9. The molecule has 32 heavy (non-hydrogen) atoms. The molecular formula is C24H29N3O4S. The molecule has 0 bridgehead atoms. The number of carbonyl (C=O) groups is 1. The van der Waals surface area contributed by atoms with Gasteiger partial charge in [-0.3, -0.25) is 4.79 Å². The Morgan fingerprint density at radius 3 is 2.34 bits per heavy atom. The van der Waals surface area contributed by atoms with Crippen molar-refractivity contribution in [3.8, 4) is 0 Å². The molecule has 0 radical (unpaired) electrons. The van der Waals surface area contributed by atoms with Gasteiger partial charge in [0.05, 0.1) is 13.2 Å². The largest absolute Gasteiger partial charge is 0.378 e. The smallest absolute Gasteiger partial charge is 0.285 e. The number of hydrogen-bond acceptors (Lipinski definition) is 6. The molecule has 0 aromatic heterocycles. The Balaban J connectivity index is 1.57. The number of nitrogens with zero attached hydrogens (tertiary/aromatic N) is 2. The quantitative estimate of drug-likeness (QED) is 0.659. The summed E-state index contributed by atoms with van der Waals surface area (Å²) in [6.45, 7) is 5.70. The zero-order valence-electron chi connectivity index (χ0n) is 18.3. The van der Waals surface area contributed by atoms with Crippen molar-refractivity contribution in [3.63, 3.8) is 0 Å². The average molecular weight is 456 g/mol. The minimum atomic E-state index is -3.89. The third-order valence-corrected chi connectivity index (χ3v) is 7.63. The number of morpholine rings is 1. The van der Waals surface area contributed by atoms with Crippen molar-refractivity contribution in [2.75, 3.05) is 37.7 Å². The first kappa shape index (κ1) is 22.4. The molecule has 4 rings (SSSR count). The molecule has 7 nitrogen and oxygen atoms in total. The molecule has 1 amide bonds. The standard InChI is InChI=1S/C24H29N3O4S/c1-2-3-13-27-24(28)22(23(32(27,29)30)20-7-5-4-6-8-20)25-18-19-9-11-21(12-10-19)26-14-16-31-17-15-26/h4-12,25H,2-3,13-18H2,1H3. The fraction of sp³-hybridized carbons (Fsp3) is 0.375. The summed E-state index contributed by atoms with van der Waals surface area (Å²) in [6.07, 6.45) is 1.43. The van der Waals surface area contributed by atoms with Crippen LogP contribution in [0.5, 0.6) is 0 Å². The zero-order chi connectivity index (χ0) is 22.6. The topological polar surface area (TPSA) is 79.0 Å². The number of amides is 1. The van der Waals surface area contributed by atoms with Crippen molar-refractivity contribution in [1.29, 1.82) is 0 Å². The molecule has 2 heterocycles. The fourth-order valence-corrected chi connectivity index (χ4v) is 5.72. The second-order valence-corrected chi connectivity index (χ2v) is 9.72. The Kier molecular flexibility index (Phi) is 6.81. The molecule has 2 aliphatic rings. The lowest BCUT2D eigenvalue weighted by molar-refractivity contribution is -0.122. The lowest BCUT2D eigenvalue weighted by Gasteiger charge is -2.28. The average Bonchev–Trinajstić information content (AvgIpc) is 3.02. The van der Waals surface area contributed by atoms with Crippen LogP contribution in [0.2, 0.25) is 0 Å². The van der Waals surface area contributed by atoms with Gasteiger partial charge >= 0.3 is 0 Å². The first-order valence-electron chi connectivity index (χ1n) is 11.0. The van der Waals surface area contributed by atoms with Crippen molar-refractivity contribution < 1.29 is 17.9 Å². The zero-order valence-corrected chi connectivity index (χ0v) is 19.1. The van der Waals surface area contributed by atoms with E-state index in [2.05, 4.69) is 22.3 Å². The summed E-state index contributed by atoms with van der Waals surface area (Å²) in [7, 11) is -3.89. The monoisotopic (exact) mass is 455 g/mol. The summed E-state index contributed by atoms with van der Waals surface area (Å²) in [5.74, 6) is -0.484. The van der Waals surface area contributed by atoms with Crippen LogP contribution < -0.4 is 10.2 Å². The van der Waals surface area contributed by atoms with E-state index in [1.807, 2.05) is 25.1 Å². The maximum atomic E-state index is 13.2. The van der Waals surface area contributed by atoms with Gasteiger partial charge in [-0.05, 0) is 29.7 Å². The van der Waals surface area contributed by atoms with Crippen LogP contribution in [0, 0.1) is 0 Å². The van der Waals surface area contributed by atoms with Crippen LogP contribution in [-0.4, -0.2) is 51.5 Å². The maximum Gasteiger partial charge on any atom is 0.285 e. The molecule has 0 unspecified atom stereocenters. The molecule has 2 aromatic rings. The van der Waals surface area contributed by atoms with Crippen molar-refractivity contribution in [2.24, 2.45) is 0 Å². The van der Waals surface area contributed by atoms with Gasteiger partial charge in [0.1, 0.15) is 10.6 Å². The third-order valence-electron chi connectivity index (χ3n) is 5.75. The summed E-state index contributed by atoms with van der Waals surface area (Å²) in [5.41, 5.74) is 2.76. The van der Waals surface area contributed by atoms with E-state index in [4.69, 9.17) is 4.74 Å². The van der Waals surface area contributed by atoms with Crippen LogP contribution in [0.1, 0.15) is 30.9 Å². The van der Waals surface area contributed by atoms with Crippen LogP contribution in [-0.2, 0) is 26.1 Å². The third kappa shape index (κ3) is 4.52. The summed E-state index contributed by atoms with van der Waals surface area (Å²) in [6, 6.07) is 16.9. The Labute approximate surface area is 189 Å². The number of sulfonamides is 1. The number of carbonyl (C=O) groups excluding carboxylic acids is 1. The number of rotatable bonds is 8. The van der Waals surface area contributed by atoms with Gasteiger partial charge in [-0.25, -0.2) is 12.7 Å². The Morgan fingerprint density at radius 2 is 1.69 bits per heavy atom. The van der Waals surface area contributed by atoms with Crippen LogP contribution in [0.25, 0.3) is 4.91 Å². The van der Waals surface area contributed by atoms with Gasteiger partial charge in [-0.1, -0.05) is 55.8 Å². The molecule has 0 saturated carbocycles. The molecule has 0 spiro atoms. The highest BCUT2D eigenvalue weighted by Crippen LogP contribution is 2.34. The lowest BCUT2D eigenvalue weighted by atomic mass is 10.1. The molecule has 8 heteroatoms. The Morgan fingerprint density at radius 1 is 1.00 bits per heavy atom. The number of nitrogens with one attached hydrogen (secondary N) is 1. The highest BCUT2D eigenvalue weighted by atomic mass is 32.2. The van der Waals surface area contributed by atoms with E-state index in [1.165, 1.54) is 0 Å². The van der Waals surface area contributed by atoms with Gasteiger partial charge in [-0.2, -0.15) is 0 Å². The summed E-state index contributed by atoms with van der Waals surface area (Å²) in [5, 5.41) is 3.13. The number of anilines is 1. The van der Waals surface area contributed by atoms with E-state index >= 15 is 0 Å². The highest BCUT2D eigenvalue weighted by Gasteiger charge is 2.43. The van der Waals surface area contributed by atoms with Gasteiger partial charge < -0.3 is 15.0 Å². The predicted molar refractivity (Wildman–Crippen MR) is 125 cm³/mol. The van der Waals surface area contributed by atoms with Crippen LogP contribution in [0.4, 0.5) is 5.69 Å². The van der Waals surface area contributed by atoms with E-state index < -0.39 is 15.9 Å². The second-order valence-electron chi connectivity index (χ2n) is 7.93. The maximum absolute atomic E-state index is 13.2. The minimum Gasteiger partial charge on any atom is -0.378 e. The molecule has 1 saturated heterocycles. The summed E-state index contributed by atoms with van der Waals surface area (Å²) in [4.78, 5) is 15.4. The molecule has 0 atom stereocenters. The highest BCUT2D eigenvalue weighted by molar-refractivity contribution is 7.99. The number of benzene rings is 2. The number of unbranched alkanes of at least 4 members (excludes halogenated alkanes) is 1. The SMILES string of the molecule is CCCCN1C(=O)C(NCc2ccc(N3CCOCC3)cc2)=C(c2ccccc2)S1(=O)=O. The van der Waals surface area contributed by atoms with Crippen LogP contribution >= 0.6 is 0 Å². The Bertz CT molecular complexity index is 1080. The van der Waals surface area contributed by atoms with Gasteiger partial charge in [0.15, 0.2) is 0 Å². The van der Waals surface area contributed by atoms with Crippen molar-refractivity contribution >= 4 is 26.5 Å². The van der Waals surface area contributed by atoms with Crippen molar-refractivity contribution in [1.82, 2.24) is 9.62 Å². The second kappa shape index (κ2) is 9.75. The van der Waals surface area contributed by atoms with Gasteiger partial charge in [0.25, 0.3) is 15.9 Å². The van der Waals surface area contributed by atoms with Crippen molar-refractivity contribution in [2.45, 2.75) is 26.3 Å². The van der Waals surface area contributed by atoms with E-state index in [-0.39, 0.29) is 17.1 Å². The van der Waals surface area contributed by atoms with E-state index in [9.17, 15) is 13.2 Å². The number of ether oxygens (including phenoxy) is 1. The van der Waals surface area contributed by atoms with E-state index in [1.54, 1.807) is 24.3 Å². The van der Waals surface area contributed by atoms with Gasteiger partial charge in [-0.15, -0.1) is 0 Å². The molecule has 2 aliphatic heterocycles. The Hall–Kier alpha value is -2.84. The molecule has 1 fully saturated rings. The van der Waals surface area contributed by atoms with E-state index in [0.29, 0.717) is 18.5 Å². The molecular weight excluding hydrogens is 426 g/mol. The lowest BCUT2D eigenvalue weighted by Crippen LogP contribution is -2.36.